The first-order valence-corrected chi connectivity index (χ1v) is 12.9. The van der Waals surface area contributed by atoms with Crippen LogP contribution < -0.4 is 15.6 Å². The Morgan fingerprint density at radius 2 is 2.09 bits per heavy atom. The van der Waals surface area contributed by atoms with E-state index in [9.17, 15) is 18.0 Å². The van der Waals surface area contributed by atoms with Gasteiger partial charge in [0, 0.05) is 6.04 Å². The third kappa shape index (κ3) is 4.77. The summed E-state index contributed by atoms with van der Waals surface area (Å²) in [4.78, 5) is 30.3. The Balaban J connectivity index is 1.65. The van der Waals surface area contributed by atoms with Crippen molar-refractivity contribution in [2.24, 2.45) is 0 Å². The topological polar surface area (TPSA) is 107 Å². The molecule has 0 spiro atoms. The lowest BCUT2D eigenvalue weighted by Crippen LogP contribution is -2.36. The number of carbonyl (C=O) groups is 1. The summed E-state index contributed by atoms with van der Waals surface area (Å²) in [7, 11) is -1.59. The van der Waals surface area contributed by atoms with Gasteiger partial charge < -0.3 is 10.1 Å². The molecule has 0 saturated carbocycles. The number of aromatic nitrogens is 2. The molecule has 2 heterocycles. The molecule has 1 aliphatic rings. The average molecular weight is 494 g/mol. The predicted molar refractivity (Wildman–Crippen MR) is 125 cm³/mol. The van der Waals surface area contributed by atoms with E-state index in [2.05, 4.69) is 10.3 Å². The van der Waals surface area contributed by atoms with Gasteiger partial charge in [-0.3, -0.25) is 14.2 Å². The molecule has 32 heavy (non-hydrogen) atoms. The molecule has 1 unspecified atom stereocenters. The fourth-order valence-electron chi connectivity index (χ4n) is 3.54. The highest BCUT2D eigenvalue weighted by Crippen LogP contribution is 2.28. The van der Waals surface area contributed by atoms with E-state index in [1.165, 1.54) is 11.7 Å². The number of ether oxygens (including phenoxy) is 1. The molecule has 0 radical (unpaired) electrons. The molecule has 0 bridgehead atoms. The Morgan fingerprint density at radius 3 is 2.78 bits per heavy atom. The third-order valence-electron chi connectivity index (χ3n) is 5.07. The minimum atomic E-state index is -3.09. The minimum absolute atomic E-state index is 0.0226. The Morgan fingerprint density at radius 1 is 1.31 bits per heavy atom. The van der Waals surface area contributed by atoms with Crippen molar-refractivity contribution < 1.29 is 17.9 Å². The lowest BCUT2D eigenvalue weighted by Gasteiger charge is -2.15. The second-order valence-electron chi connectivity index (χ2n) is 7.33. The molecule has 1 aromatic heterocycles. The van der Waals surface area contributed by atoms with E-state index >= 15 is 0 Å². The number of hydrogen-bond donors (Lipinski definition) is 1. The first-order valence-electron chi connectivity index (χ1n) is 9.76. The number of rotatable bonds is 6. The number of nitrogens with one attached hydrogen (secondary N) is 1. The Labute approximate surface area is 193 Å². The number of thioether (sulfide) groups is 1. The molecule has 1 amide bonds. The number of sulfone groups is 1. The van der Waals surface area contributed by atoms with E-state index in [1.54, 1.807) is 42.5 Å². The van der Waals surface area contributed by atoms with Crippen LogP contribution in [0.25, 0.3) is 16.6 Å². The number of benzene rings is 2. The first kappa shape index (κ1) is 22.6. The molecule has 3 aromatic rings. The number of amides is 1. The van der Waals surface area contributed by atoms with Gasteiger partial charge in [-0.1, -0.05) is 35.5 Å². The van der Waals surface area contributed by atoms with Crippen molar-refractivity contribution >= 4 is 50.0 Å². The fourth-order valence-corrected chi connectivity index (χ4v) is 6.29. The fraction of sp³-hybridized carbons (Fsp3) is 0.286. The molecule has 1 aliphatic heterocycles. The van der Waals surface area contributed by atoms with Crippen molar-refractivity contribution in [1.82, 2.24) is 14.9 Å². The zero-order valence-corrected chi connectivity index (χ0v) is 19.5. The van der Waals surface area contributed by atoms with Crippen LogP contribution >= 0.6 is 23.4 Å². The van der Waals surface area contributed by atoms with E-state index < -0.39 is 9.84 Å². The quantitative estimate of drug-likeness (QED) is 0.415. The maximum atomic E-state index is 13.3. The zero-order valence-electron chi connectivity index (χ0n) is 17.1. The summed E-state index contributed by atoms with van der Waals surface area (Å²) in [5.41, 5.74) is 0.712. The highest BCUT2D eigenvalue weighted by Gasteiger charge is 2.29. The monoisotopic (exact) mass is 493 g/mol. The molecule has 4 rings (SSSR count). The van der Waals surface area contributed by atoms with E-state index in [1.807, 2.05) is 0 Å². The number of methoxy groups -OCH3 is 1. The first-order chi connectivity index (χ1) is 15.3. The summed E-state index contributed by atoms with van der Waals surface area (Å²) in [6, 6.07) is 11.5. The number of carbonyl (C=O) groups excluding carboxylic acids is 1. The lowest BCUT2D eigenvalue weighted by molar-refractivity contribution is -0.119. The van der Waals surface area contributed by atoms with Crippen LogP contribution in [0.15, 0.2) is 52.4 Å². The summed E-state index contributed by atoms with van der Waals surface area (Å²) in [5.74, 6) is 0.156. The molecule has 168 valence electrons. The molecule has 1 N–H and O–H groups in total. The van der Waals surface area contributed by atoms with Gasteiger partial charge in [-0.15, -0.1) is 0 Å². The minimum Gasteiger partial charge on any atom is -0.495 e. The molecule has 8 nitrogen and oxygen atoms in total. The highest BCUT2D eigenvalue weighted by molar-refractivity contribution is 7.99. The summed E-state index contributed by atoms with van der Waals surface area (Å²) >= 11 is 7.36. The summed E-state index contributed by atoms with van der Waals surface area (Å²) < 4.78 is 29.8. The van der Waals surface area contributed by atoms with Crippen molar-refractivity contribution in [2.45, 2.75) is 17.6 Å². The maximum Gasteiger partial charge on any atom is 0.266 e. The average Bonchev–Trinajstić information content (AvgIpc) is 3.10. The van der Waals surface area contributed by atoms with Gasteiger partial charge in [-0.05, 0) is 36.8 Å². The normalized spacial score (nSPS) is 17.4. The summed E-state index contributed by atoms with van der Waals surface area (Å²) in [6.45, 7) is 0. The lowest BCUT2D eigenvalue weighted by atomic mass is 10.2. The molecule has 0 aliphatic carbocycles. The van der Waals surface area contributed by atoms with Gasteiger partial charge in [-0.2, -0.15) is 0 Å². The number of hydrogen-bond acceptors (Lipinski definition) is 7. The van der Waals surface area contributed by atoms with Gasteiger partial charge in [0.15, 0.2) is 15.0 Å². The van der Waals surface area contributed by atoms with Crippen LogP contribution in [0, 0.1) is 0 Å². The van der Waals surface area contributed by atoms with Crippen molar-refractivity contribution in [3.63, 3.8) is 0 Å². The van der Waals surface area contributed by atoms with Crippen LogP contribution in [0.5, 0.6) is 5.75 Å². The SMILES string of the molecule is COc1ccc(-n2c(SCC(=O)NC3CCS(=O)(=O)C3)nc3ccccc3c2=O)cc1Cl. The third-order valence-corrected chi connectivity index (χ3v) is 8.07. The smallest absolute Gasteiger partial charge is 0.266 e. The maximum absolute atomic E-state index is 13.3. The second-order valence-corrected chi connectivity index (χ2v) is 10.9. The number of fused-ring (bicyclic) bond motifs is 1. The van der Waals surface area contributed by atoms with Gasteiger partial charge >= 0.3 is 0 Å². The van der Waals surface area contributed by atoms with E-state index in [-0.39, 0.29) is 34.8 Å². The van der Waals surface area contributed by atoms with Gasteiger partial charge in [0.2, 0.25) is 5.91 Å². The Hall–Kier alpha value is -2.56. The highest BCUT2D eigenvalue weighted by atomic mass is 35.5. The predicted octanol–water partition coefficient (Wildman–Crippen LogP) is 2.44. The molecular formula is C21H20ClN3O5S2. The van der Waals surface area contributed by atoms with Crippen molar-refractivity contribution in [2.75, 3.05) is 24.4 Å². The largest absolute Gasteiger partial charge is 0.495 e. The van der Waals surface area contributed by atoms with Crippen LogP contribution in [0.3, 0.4) is 0 Å². The van der Waals surface area contributed by atoms with Crippen LogP contribution in [0.1, 0.15) is 6.42 Å². The van der Waals surface area contributed by atoms with Gasteiger partial charge in [0.25, 0.3) is 5.56 Å². The molecule has 1 fully saturated rings. The second kappa shape index (κ2) is 9.13. The number of halogens is 1. The summed E-state index contributed by atoms with van der Waals surface area (Å²) in [5, 5.41) is 3.84. The van der Waals surface area contributed by atoms with Crippen molar-refractivity contribution in [3.05, 3.63) is 57.8 Å². The van der Waals surface area contributed by atoms with Gasteiger partial charge in [0.1, 0.15) is 5.75 Å². The molecule has 2 aromatic carbocycles. The number of para-hydroxylation sites is 1. The van der Waals surface area contributed by atoms with E-state index in [0.717, 1.165) is 11.8 Å². The zero-order chi connectivity index (χ0) is 22.9. The summed E-state index contributed by atoms with van der Waals surface area (Å²) in [6.07, 6.45) is 0.405. The van der Waals surface area contributed by atoms with Crippen molar-refractivity contribution in [1.29, 1.82) is 0 Å². The van der Waals surface area contributed by atoms with Crippen LogP contribution in [-0.4, -0.2) is 54.3 Å². The van der Waals surface area contributed by atoms with Gasteiger partial charge in [0.05, 0.1) is 46.0 Å². The van der Waals surface area contributed by atoms with E-state index in [0.29, 0.717) is 38.9 Å². The van der Waals surface area contributed by atoms with Gasteiger partial charge in [-0.25, -0.2) is 13.4 Å². The Kier molecular flexibility index (Phi) is 6.45. The van der Waals surface area contributed by atoms with E-state index in [4.69, 9.17) is 16.3 Å². The van der Waals surface area contributed by atoms with Crippen LogP contribution in [0.2, 0.25) is 5.02 Å². The molecule has 1 atom stereocenters. The molecule has 1 saturated heterocycles. The van der Waals surface area contributed by atoms with Crippen LogP contribution in [0.4, 0.5) is 0 Å². The van der Waals surface area contributed by atoms with Crippen molar-refractivity contribution in [3.8, 4) is 11.4 Å². The Bertz CT molecular complexity index is 1360. The van der Waals surface area contributed by atoms with Crippen LogP contribution in [-0.2, 0) is 14.6 Å². The molecule has 11 heteroatoms. The standard InChI is InChI=1S/C21H20ClN3O5S2/c1-30-18-7-6-14(10-16(18)22)25-20(27)15-4-2-3-5-17(15)24-21(25)31-11-19(26)23-13-8-9-32(28,29)12-13/h2-7,10,13H,8-9,11-12H2,1H3,(H,23,26). The molecular weight excluding hydrogens is 474 g/mol. The number of nitrogens with zero attached hydrogens (tertiary/aromatic N) is 2.